The lowest BCUT2D eigenvalue weighted by molar-refractivity contribution is 0.433. The molecule has 0 unspecified atom stereocenters. The zero-order valence-electron chi connectivity index (χ0n) is 14.3. The predicted molar refractivity (Wildman–Crippen MR) is 97.7 cm³/mol. The number of hydrogen-bond acceptors (Lipinski definition) is 3. The summed E-state index contributed by atoms with van der Waals surface area (Å²) in [6.07, 6.45) is 2.42. The summed E-state index contributed by atoms with van der Waals surface area (Å²) < 4.78 is 25.1. The minimum Gasteiger partial charge on any atom is -0.306 e. The molecule has 0 bridgehead atoms. The van der Waals surface area contributed by atoms with Gasteiger partial charge in [-0.3, -0.25) is 0 Å². The number of sulfone groups is 1. The first-order valence-electron chi connectivity index (χ1n) is 8.57. The second-order valence-corrected chi connectivity index (χ2v) is 8.87. The van der Waals surface area contributed by atoms with E-state index >= 15 is 0 Å². The Labute approximate surface area is 145 Å². The third-order valence-electron chi connectivity index (χ3n) is 4.65. The molecule has 0 saturated heterocycles. The molecular weight excluding hydrogens is 318 g/mol. The highest BCUT2D eigenvalue weighted by Gasteiger charge is 2.34. The molecule has 3 nitrogen and oxygen atoms in total. The van der Waals surface area contributed by atoms with Crippen LogP contribution in [0.3, 0.4) is 0 Å². The summed E-state index contributed by atoms with van der Waals surface area (Å²) in [5.74, 6) is 0.736. The molecule has 0 radical (unpaired) electrons. The van der Waals surface area contributed by atoms with Crippen LogP contribution in [0.25, 0.3) is 0 Å². The third-order valence-corrected chi connectivity index (χ3v) is 6.58. The first-order valence-corrected chi connectivity index (χ1v) is 10.2. The lowest BCUT2D eigenvalue weighted by atomic mass is 9.97. The van der Waals surface area contributed by atoms with Crippen molar-refractivity contribution in [1.82, 2.24) is 5.32 Å². The van der Waals surface area contributed by atoms with E-state index in [-0.39, 0.29) is 17.8 Å². The Hall–Kier alpha value is -1.65. The molecule has 4 heteroatoms. The molecule has 2 aromatic rings. The van der Waals surface area contributed by atoms with Gasteiger partial charge in [0.15, 0.2) is 9.84 Å². The van der Waals surface area contributed by atoms with E-state index in [9.17, 15) is 8.42 Å². The van der Waals surface area contributed by atoms with Crippen LogP contribution in [0.2, 0.25) is 0 Å². The average molecular weight is 343 g/mol. The van der Waals surface area contributed by atoms with E-state index in [1.807, 2.05) is 19.1 Å². The zero-order valence-corrected chi connectivity index (χ0v) is 15.1. The minimum absolute atomic E-state index is 0.0968. The number of hydrogen-bond donors (Lipinski definition) is 1. The molecule has 24 heavy (non-hydrogen) atoms. The Kier molecular flexibility index (Phi) is 5.07. The predicted octanol–water partition coefficient (Wildman–Crippen LogP) is 3.90. The SMILES string of the molecule is Cc1ccccc1[C@@H](N[C@H](C)CS(=O)(=O)c1ccccc1)C1CC1. The van der Waals surface area contributed by atoms with Crippen molar-refractivity contribution in [2.24, 2.45) is 5.92 Å². The van der Waals surface area contributed by atoms with Gasteiger partial charge < -0.3 is 5.32 Å². The molecule has 1 N–H and O–H groups in total. The van der Waals surface area contributed by atoms with Crippen molar-refractivity contribution < 1.29 is 8.42 Å². The Bertz CT molecular complexity index is 782. The highest BCUT2D eigenvalue weighted by Crippen LogP contribution is 2.42. The van der Waals surface area contributed by atoms with Crippen LogP contribution in [0.15, 0.2) is 59.5 Å². The van der Waals surface area contributed by atoms with Crippen molar-refractivity contribution in [3.8, 4) is 0 Å². The van der Waals surface area contributed by atoms with Crippen molar-refractivity contribution >= 4 is 9.84 Å². The van der Waals surface area contributed by atoms with E-state index in [1.54, 1.807) is 24.3 Å². The molecule has 0 amide bonds. The maximum absolute atomic E-state index is 12.6. The van der Waals surface area contributed by atoms with Crippen LogP contribution in [-0.4, -0.2) is 20.2 Å². The van der Waals surface area contributed by atoms with Crippen molar-refractivity contribution in [1.29, 1.82) is 0 Å². The van der Waals surface area contributed by atoms with Gasteiger partial charge in [-0.2, -0.15) is 0 Å². The Morgan fingerprint density at radius 2 is 1.67 bits per heavy atom. The maximum Gasteiger partial charge on any atom is 0.179 e. The summed E-state index contributed by atoms with van der Waals surface area (Å²) in [5, 5.41) is 3.58. The van der Waals surface area contributed by atoms with Gasteiger partial charge in [0.1, 0.15) is 0 Å². The number of rotatable bonds is 7. The molecule has 1 aliphatic carbocycles. The smallest absolute Gasteiger partial charge is 0.179 e. The van der Waals surface area contributed by atoms with Gasteiger partial charge in [-0.05, 0) is 55.9 Å². The normalized spacial score (nSPS) is 17.4. The van der Waals surface area contributed by atoms with Crippen LogP contribution in [-0.2, 0) is 9.84 Å². The zero-order chi connectivity index (χ0) is 17.2. The molecule has 3 rings (SSSR count). The second kappa shape index (κ2) is 7.08. The standard InChI is InChI=1S/C20H25NO2S/c1-15-8-6-7-11-19(15)20(17-12-13-17)21-16(2)14-24(22,23)18-9-4-3-5-10-18/h3-11,16-17,20-21H,12-14H2,1-2H3/t16-,20+/m1/s1. The molecule has 2 aromatic carbocycles. The van der Waals surface area contributed by atoms with E-state index in [2.05, 4.69) is 30.4 Å². The summed E-state index contributed by atoms with van der Waals surface area (Å²) in [4.78, 5) is 0.400. The van der Waals surface area contributed by atoms with E-state index in [1.165, 1.54) is 24.0 Å². The average Bonchev–Trinajstić information content (AvgIpc) is 3.39. The highest BCUT2D eigenvalue weighted by atomic mass is 32.2. The molecule has 0 aromatic heterocycles. The first-order chi connectivity index (χ1) is 11.5. The van der Waals surface area contributed by atoms with Gasteiger partial charge in [-0.25, -0.2) is 8.42 Å². The summed E-state index contributed by atoms with van der Waals surface area (Å²) in [6, 6.07) is 17.2. The van der Waals surface area contributed by atoms with E-state index in [0.29, 0.717) is 10.8 Å². The third kappa shape index (κ3) is 4.05. The number of nitrogens with one attached hydrogen (secondary N) is 1. The van der Waals surface area contributed by atoms with Gasteiger partial charge in [0.2, 0.25) is 0 Å². The van der Waals surface area contributed by atoms with E-state index in [4.69, 9.17) is 0 Å². The quantitative estimate of drug-likeness (QED) is 0.829. The van der Waals surface area contributed by atoms with Gasteiger partial charge in [0.05, 0.1) is 10.6 Å². The van der Waals surface area contributed by atoms with Crippen LogP contribution in [0.4, 0.5) is 0 Å². The molecule has 1 fully saturated rings. The highest BCUT2D eigenvalue weighted by molar-refractivity contribution is 7.91. The lowest BCUT2D eigenvalue weighted by Gasteiger charge is -2.25. The molecule has 0 aliphatic heterocycles. The molecule has 1 saturated carbocycles. The molecule has 2 atom stereocenters. The van der Waals surface area contributed by atoms with Crippen LogP contribution in [0, 0.1) is 12.8 Å². The fraction of sp³-hybridized carbons (Fsp3) is 0.400. The summed E-state index contributed by atoms with van der Waals surface area (Å²) in [5.41, 5.74) is 2.56. The van der Waals surface area contributed by atoms with Crippen molar-refractivity contribution in [2.45, 2.75) is 43.7 Å². The fourth-order valence-corrected chi connectivity index (χ4v) is 4.77. The van der Waals surface area contributed by atoms with Crippen LogP contribution < -0.4 is 5.32 Å². The monoisotopic (exact) mass is 343 g/mol. The van der Waals surface area contributed by atoms with Gasteiger partial charge in [-0.15, -0.1) is 0 Å². The number of benzene rings is 2. The van der Waals surface area contributed by atoms with Gasteiger partial charge >= 0.3 is 0 Å². The Balaban J connectivity index is 1.73. The topological polar surface area (TPSA) is 46.2 Å². The maximum atomic E-state index is 12.6. The van der Waals surface area contributed by atoms with Gasteiger partial charge in [0.25, 0.3) is 0 Å². The van der Waals surface area contributed by atoms with Gasteiger partial charge in [0, 0.05) is 12.1 Å². The lowest BCUT2D eigenvalue weighted by Crippen LogP contribution is -2.37. The molecule has 0 spiro atoms. The summed E-state index contributed by atoms with van der Waals surface area (Å²) in [6.45, 7) is 4.09. The van der Waals surface area contributed by atoms with Crippen molar-refractivity contribution in [3.63, 3.8) is 0 Å². The Morgan fingerprint density at radius 3 is 2.29 bits per heavy atom. The molecular formula is C20H25NO2S. The Morgan fingerprint density at radius 1 is 1.04 bits per heavy atom. The number of aryl methyl sites for hydroxylation is 1. The van der Waals surface area contributed by atoms with Crippen molar-refractivity contribution in [2.75, 3.05) is 5.75 Å². The largest absolute Gasteiger partial charge is 0.306 e. The molecule has 1 aliphatic rings. The summed E-state index contributed by atoms with van der Waals surface area (Å²) in [7, 11) is -3.27. The van der Waals surface area contributed by atoms with Crippen molar-refractivity contribution in [3.05, 3.63) is 65.7 Å². The first kappa shape index (κ1) is 17.2. The summed E-state index contributed by atoms with van der Waals surface area (Å²) >= 11 is 0. The van der Waals surface area contributed by atoms with E-state index in [0.717, 1.165) is 0 Å². The van der Waals surface area contributed by atoms with Gasteiger partial charge in [-0.1, -0.05) is 42.5 Å². The van der Waals surface area contributed by atoms with E-state index < -0.39 is 9.84 Å². The molecule has 128 valence electrons. The fourth-order valence-electron chi connectivity index (χ4n) is 3.25. The van der Waals surface area contributed by atoms with Crippen LogP contribution >= 0.6 is 0 Å². The molecule has 0 heterocycles. The van der Waals surface area contributed by atoms with Crippen LogP contribution in [0.1, 0.15) is 36.9 Å². The second-order valence-electron chi connectivity index (χ2n) is 6.83. The minimum atomic E-state index is -3.27. The van der Waals surface area contributed by atoms with Crippen LogP contribution in [0.5, 0.6) is 0 Å².